The van der Waals surface area contributed by atoms with E-state index in [1.807, 2.05) is 6.92 Å². The van der Waals surface area contributed by atoms with Crippen LogP contribution in [0.3, 0.4) is 0 Å². The van der Waals surface area contributed by atoms with Crippen molar-refractivity contribution < 1.29 is 13.9 Å². The molecule has 0 aliphatic carbocycles. The highest BCUT2D eigenvalue weighted by Gasteiger charge is 2.16. The fourth-order valence-electron chi connectivity index (χ4n) is 1.43. The number of ether oxygens (including phenoxy) is 1. The Bertz CT molecular complexity index is 366. The third-order valence-corrected chi connectivity index (χ3v) is 2.68. The minimum absolute atomic E-state index is 0.0514. The van der Waals surface area contributed by atoms with Gasteiger partial charge in [-0.1, -0.05) is 22.9 Å². The highest BCUT2D eigenvalue weighted by molar-refractivity contribution is 9.10. The van der Waals surface area contributed by atoms with Crippen molar-refractivity contribution in [3.63, 3.8) is 0 Å². The van der Waals surface area contributed by atoms with Crippen LogP contribution in [-0.2, 0) is 4.79 Å². The van der Waals surface area contributed by atoms with E-state index in [4.69, 9.17) is 4.74 Å². The number of halogens is 2. The first-order valence-corrected chi connectivity index (χ1v) is 5.36. The van der Waals surface area contributed by atoms with Crippen LogP contribution in [0.1, 0.15) is 24.8 Å². The van der Waals surface area contributed by atoms with Crippen molar-refractivity contribution in [2.75, 3.05) is 7.11 Å². The highest BCUT2D eigenvalue weighted by atomic mass is 79.9. The van der Waals surface area contributed by atoms with Gasteiger partial charge in [0.05, 0.1) is 7.11 Å². The molecule has 0 aliphatic rings. The number of carbonyl (C=O) groups excluding carboxylic acids is 1. The summed E-state index contributed by atoms with van der Waals surface area (Å²) < 4.78 is 19.1. The van der Waals surface area contributed by atoms with Crippen LogP contribution in [0.25, 0.3) is 0 Å². The van der Waals surface area contributed by atoms with Crippen molar-refractivity contribution in [1.82, 2.24) is 0 Å². The van der Waals surface area contributed by atoms with Crippen LogP contribution in [0.5, 0.6) is 5.75 Å². The monoisotopic (exact) mass is 274 g/mol. The van der Waals surface area contributed by atoms with E-state index in [2.05, 4.69) is 15.9 Å². The average Bonchev–Trinajstić information content (AvgIpc) is 2.17. The van der Waals surface area contributed by atoms with Gasteiger partial charge in [-0.2, -0.15) is 0 Å². The molecule has 0 bridgehead atoms. The molecule has 0 aliphatic heterocycles. The Balaban J connectivity index is 3.19. The van der Waals surface area contributed by atoms with Crippen molar-refractivity contribution in [2.24, 2.45) is 0 Å². The Kier molecular flexibility index (Phi) is 4.27. The van der Waals surface area contributed by atoms with E-state index >= 15 is 0 Å². The number of hydrogen-bond donors (Lipinski definition) is 0. The molecule has 0 saturated heterocycles. The number of rotatable bonds is 4. The Hall–Kier alpha value is -0.900. The quantitative estimate of drug-likeness (QED) is 0.788. The summed E-state index contributed by atoms with van der Waals surface area (Å²) in [6.07, 6.45) is 1.18. The zero-order valence-corrected chi connectivity index (χ0v) is 10.2. The van der Waals surface area contributed by atoms with E-state index in [0.717, 1.165) is 6.29 Å². The Labute approximate surface area is 96.6 Å². The number of carbonyl (C=O) groups is 1. The van der Waals surface area contributed by atoms with Gasteiger partial charge in [0.15, 0.2) is 11.6 Å². The first-order valence-electron chi connectivity index (χ1n) is 4.56. The molecule has 2 nitrogen and oxygen atoms in total. The zero-order valence-electron chi connectivity index (χ0n) is 8.59. The van der Waals surface area contributed by atoms with E-state index in [-0.39, 0.29) is 11.7 Å². The predicted octanol–water partition coefficient (Wildman–Crippen LogP) is 3.29. The molecule has 1 aromatic carbocycles. The number of aldehydes is 1. The molecule has 1 atom stereocenters. The lowest BCUT2D eigenvalue weighted by Gasteiger charge is -2.14. The lowest BCUT2D eigenvalue weighted by atomic mass is 9.97. The third kappa shape index (κ3) is 2.78. The van der Waals surface area contributed by atoms with Gasteiger partial charge < -0.3 is 9.53 Å². The molecule has 0 spiro atoms. The lowest BCUT2D eigenvalue weighted by molar-refractivity contribution is -0.108. The predicted molar refractivity (Wildman–Crippen MR) is 59.7 cm³/mol. The maximum Gasteiger partial charge on any atom is 0.166 e. The fourth-order valence-corrected chi connectivity index (χ4v) is 1.88. The second-order valence-corrected chi connectivity index (χ2v) is 4.23. The lowest BCUT2D eigenvalue weighted by Crippen LogP contribution is -2.01. The molecular weight excluding hydrogens is 263 g/mol. The summed E-state index contributed by atoms with van der Waals surface area (Å²) in [6.45, 7) is 1.86. The van der Waals surface area contributed by atoms with Gasteiger partial charge in [-0.25, -0.2) is 4.39 Å². The average molecular weight is 275 g/mol. The molecule has 0 fully saturated rings. The van der Waals surface area contributed by atoms with Crippen molar-refractivity contribution in [1.29, 1.82) is 0 Å². The Morgan fingerprint density at radius 2 is 2.27 bits per heavy atom. The molecule has 0 saturated carbocycles. The molecule has 4 heteroatoms. The van der Waals surface area contributed by atoms with Gasteiger partial charge in [0.25, 0.3) is 0 Å². The molecule has 0 amide bonds. The largest absolute Gasteiger partial charge is 0.493 e. The molecular formula is C11H12BrFO2. The normalized spacial score (nSPS) is 12.3. The Morgan fingerprint density at radius 1 is 1.60 bits per heavy atom. The van der Waals surface area contributed by atoms with Gasteiger partial charge >= 0.3 is 0 Å². The maximum absolute atomic E-state index is 13.5. The minimum Gasteiger partial charge on any atom is -0.493 e. The van der Waals surface area contributed by atoms with Crippen molar-refractivity contribution >= 4 is 22.2 Å². The first kappa shape index (κ1) is 12.2. The summed E-state index contributed by atoms with van der Waals surface area (Å²) in [5.74, 6) is -0.253. The molecule has 1 rings (SSSR count). The van der Waals surface area contributed by atoms with E-state index < -0.39 is 5.82 Å². The zero-order chi connectivity index (χ0) is 11.4. The molecule has 0 heterocycles. The third-order valence-electron chi connectivity index (χ3n) is 2.22. The summed E-state index contributed by atoms with van der Waals surface area (Å²) in [5, 5.41) is 0. The van der Waals surface area contributed by atoms with Crippen LogP contribution in [0.2, 0.25) is 0 Å². The van der Waals surface area contributed by atoms with Crippen LogP contribution in [0.4, 0.5) is 4.39 Å². The molecule has 82 valence electrons. The molecule has 15 heavy (non-hydrogen) atoms. The number of methoxy groups -OCH3 is 1. The van der Waals surface area contributed by atoms with Crippen molar-refractivity contribution in [3.8, 4) is 5.75 Å². The van der Waals surface area contributed by atoms with Crippen molar-refractivity contribution in [3.05, 3.63) is 28.0 Å². The first-order chi connectivity index (χ1) is 7.10. The maximum atomic E-state index is 13.5. The molecule has 0 radical (unpaired) electrons. The van der Waals surface area contributed by atoms with Gasteiger partial charge in [-0.15, -0.1) is 0 Å². The van der Waals surface area contributed by atoms with Gasteiger partial charge in [0, 0.05) is 16.5 Å². The summed E-state index contributed by atoms with van der Waals surface area (Å²) >= 11 is 3.21. The van der Waals surface area contributed by atoms with Gasteiger partial charge in [-0.3, -0.25) is 0 Å². The van der Waals surface area contributed by atoms with E-state index in [9.17, 15) is 9.18 Å². The van der Waals surface area contributed by atoms with Gasteiger partial charge in [-0.05, 0) is 18.1 Å². The van der Waals surface area contributed by atoms with E-state index in [0.29, 0.717) is 16.5 Å². The molecule has 0 aromatic heterocycles. The standard InChI is InChI=1S/C11H12BrFO2/c1-7(3-4-14)9-5-8(12)6-10(13)11(9)15-2/h4-7H,3H2,1-2H3. The van der Waals surface area contributed by atoms with Crippen LogP contribution in [-0.4, -0.2) is 13.4 Å². The van der Waals surface area contributed by atoms with Crippen LogP contribution >= 0.6 is 15.9 Å². The van der Waals surface area contributed by atoms with Gasteiger partial charge in [0.2, 0.25) is 0 Å². The minimum atomic E-state index is -0.417. The fraction of sp³-hybridized carbons (Fsp3) is 0.364. The molecule has 1 aromatic rings. The second-order valence-electron chi connectivity index (χ2n) is 3.31. The summed E-state index contributed by atoms with van der Waals surface area (Å²) in [4.78, 5) is 10.4. The second kappa shape index (κ2) is 5.26. The van der Waals surface area contributed by atoms with Crippen LogP contribution in [0, 0.1) is 5.82 Å². The number of benzene rings is 1. The summed E-state index contributed by atoms with van der Waals surface area (Å²) in [5.41, 5.74) is 0.705. The van der Waals surface area contributed by atoms with Gasteiger partial charge in [0.1, 0.15) is 6.29 Å². The van der Waals surface area contributed by atoms with Crippen LogP contribution in [0.15, 0.2) is 16.6 Å². The van der Waals surface area contributed by atoms with E-state index in [1.165, 1.54) is 13.2 Å². The molecule has 0 N–H and O–H groups in total. The molecule has 1 unspecified atom stereocenters. The van der Waals surface area contributed by atoms with Crippen molar-refractivity contribution in [2.45, 2.75) is 19.3 Å². The smallest absolute Gasteiger partial charge is 0.166 e. The van der Waals surface area contributed by atoms with E-state index in [1.54, 1.807) is 6.07 Å². The highest BCUT2D eigenvalue weighted by Crippen LogP contribution is 2.33. The topological polar surface area (TPSA) is 26.3 Å². The summed E-state index contributed by atoms with van der Waals surface area (Å²) in [6, 6.07) is 3.12. The SMILES string of the molecule is COc1c(F)cc(Br)cc1C(C)CC=O. The Morgan fingerprint density at radius 3 is 2.80 bits per heavy atom. The van der Waals surface area contributed by atoms with Crippen LogP contribution < -0.4 is 4.74 Å². The summed E-state index contributed by atoms with van der Waals surface area (Å²) in [7, 11) is 1.42. The number of hydrogen-bond acceptors (Lipinski definition) is 2.